The van der Waals surface area contributed by atoms with Gasteiger partial charge in [0.25, 0.3) is 0 Å². The van der Waals surface area contributed by atoms with Gasteiger partial charge in [-0.3, -0.25) is 0 Å². The molecule has 3 heteroatoms. The number of fused-ring (bicyclic) bond motifs is 1. The Morgan fingerprint density at radius 3 is 3.12 bits per heavy atom. The van der Waals surface area contributed by atoms with Gasteiger partial charge in [0, 0.05) is 12.2 Å². The molecule has 0 bridgehead atoms. The monoisotopic (exact) mass is 220 g/mol. The van der Waals surface area contributed by atoms with Gasteiger partial charge < -0.3 is 10.1 Å². The topological polar surface area (TPSA) is 34.1 Å². The number of ether oxygens (including phenoxy) is 1. The summed E-state index contributed by atoms with van der Waals surface area (Å²) in [5.74, 6) is 0.790. The average molecular weight is 220 g/mol. The Morgan fingerprint density at radius 2 is 2.31 bits per heavy atom. The zero-order chi connectivity index (χ0) is 11.4. The van der Waals surface area contributed by atoms with Gasteiger partial charge in [-0.25, -0.2) is 4.98 Å². The van der Waals surface area contributed by atoms with Crippen molar-refractivity contribution in [2.24, 2.45) is 0 Å². The molecule has 0 fully saturated rings. The normalized spacial score (nSPS) is 13.9. The third-order valence-electron chi connectivity index (χ3n) is 2.92. The molecular weight excluding hydrogens is 200 g/mol. The summed E-state index contributed by atoms with van der Waals surface area (Å²) in [4.78, 5) is 4.56. The van der Waals surface area contributed by atoms with Crippen molar-refractivity contribution < 1.29 is 4.74 Å². The van der Waals surface area contributed by atoms with E-state index >= 15 is 0 Å². The Bertz CT molecular complexity index is 363. The van der Waals surface area contributed by atoms with Gasteiger partial charge in [0.05, 0.1) is 0 Å². The van der Waals surface area contributed by atoms with Gasteiger partial charge in [0.1, 0.15) is 12.3 Å². The van der Waals surface area contributed by atoms with E-state index in [-0.39, 0.29) is 0 Å². The fourth-order valence-corrected chi connectivity index (χ4v) is 2.04. The molecule has 1 N–H and O–H groups in total. The second-order valence-corrected chi connectivity index (χ2v) is 4.34. The maximum Gasteiger partial charge on any atom is 0.237 e. The van der Waals surface area contributed by atoms with E-state index in [1.165, 1.54) is 24.8 Å². The van der Waals surface area contributed by atoms with Gasteiger partial charge in [-0.2, -0.15) is 0 Å². The van der Waals surface area contributed by atoms with E-state index in [9.17, 15) is 0 Å². The van der Waals surface area contributed by atoms with Crippen LogP contribution in [0.15, 0.2) is 6.07 Å². The molecule has 0 amide bonds. The lowest BCUT2D eigenvalue weighted by Gasteiger charge is -2.20. The fourth-order valence-electron chi connectivity index (χ4n) is 2.04. The molecule has 0 spiro atoms. The molecule has 0 saturated heterocycles. The summed E-state index contributed by atoms with van der Waals surface area (Å²) in [6.07, 6.45) is 4.80. The molecule has 1 aromatic rings. The second kappa shape index (κ2) is 5.19. The van der Waals surface area contributed by atoms with Crippen LogP contribution in [0.5, 0.6) is 5.88 Å². The summed E-state index contributed by atoms with van der Waals surface area (Å²) < 4.78 is 5.58. The van der Waals surface area contributed by atoms with E-state index in [1.807, 2.05) is 0 Å². The highest BCUT2D eigenvalue weighted by atomic mass is 16.5. The SMILES string of the molecule is CCCCCc1cc(C)c2c(n1)OCCN2. The van der Waals surface area contributed by atoms with Crippen LogP contribution in [0.4, 0.5) is 5.69 Å². The largest absolute Gasteiger partial charge is 0.474 e. The van der Waals surface area contributed by atoms with E-state index in [0.29, 0.717) is 0 Å². The highest BCUT2D eigenvalue weighted by Gasteiger charge is 2.14. The number of aromatic nitrogens is 1. The summed E-state index contributed by atoms with van der Waals surface area (Å²) in [5, 5.41) is 3.34. The summed E-state index contributed by atoms with van der Waals surface area (Å²) in [6.45, 7) is 5.94. The maximum atomic E-state index is 5.58. The molecule has 1 aliphatic heterocycles. The minimum absolute atomic E-state index is 0.720. The van der Waals surface area contributed by atoms with Crippen LogP contribution in [0.2, 0.25) is 0 Å². The zero-order valence-electron chi connectivity index (χ0n) is 10.2. The molecule has 2 rings (SSSR count). The van der Waals surface area contributed by atoms with Crippen molar-refractivity contribution in [3.63, 3.8) is 0 Å². The van der Waals surface area contributed by atoms with Crippen molar-refractivity contribution >= 4 is 5.69 Å². The summed E-state index contributed by atoms with van der Waals surface area (Å²) in [5.41, 5.74) is 3.48. The number of rotatable bonds is 4. The van der Waals surface area contributed by atoms with Crippen LogP contribution in [0.25, 0.3) is 0 Å². The third-order valence-corrected chi connectivity index (χ3v) is 2.92. The van der Waals surface area contributed by atoms with Crippen LogP contribution >= 0.6 is 0 Å². The third kappa shape index (κ3) is 2.46. The number of nitrogens with zero attached hydrogens (tertiary/aromatic N) is 1. The average Bonchev–Trinajstić information content (AvgIpc) is 2.30. The van der Waals surface area contributed by atoms with Crippen LogP contribution in [0.1, 0.15) is 37.4 Å². The molecule has 0 radical (unpaired) electrons. The molecule has 3 nitrogen and oxygen atoms in total. The molecular formula is C13H20N2O. The Labute approximate surface area is 97.2 Å². The minimum atomic E-state index is 0.720. The molecule has 1 aromatic heterocycles. The molecule has 0 aliphatic carbocycles. The molecule has 0 unspecified atom stereocenters. The Kier molecular flexibility index (Phi) is 3.65. The van der Waals surface area contributed by atoms with E-state index in [2.05, 4.69) is 30.2 Å². The number of pyridine rings is 1. The van der Waals surface area contributed by atoms with E-state index in [4.69, 9.17) is 4.74 Å². The number of unbranched alkanes of at least 4 members (excludes halogenated alkanes) is 2. The first-order chi connectivity index (χ1) is 7.81. The predicted molar refractivity (Wildman–Crippen MR) is 66.2 cm³/mol. The molecule has 0 aromatic carbocycles. The Morgan fingerprint density at radius 1 is 1.44 bits per heavy atom. The first-order valence-electron chi connectivity index (χ1n) is 6.18. The van der Waals surface area contributed by atoms with Crippen molar-refractivity contribution in [2.45, 2.75) is 39.5 Å². The second-order valence-electron chi connectivity index (χ2n) is 4.34. The van der Waals surface area contributed by atoms with Gasteiger partial charge in [-0.15, -0.1) is 0 Å². The standard InChI is InChI=1S/C13H20N2O/c1-3-4-5-6-11-9-10(2)12-13(15-11)16-8-7-14-12/h9,14H,3-8H2,1-2H3. The van der Waals surface area contributed by atoms with Crippen molar-refractivity contribution in [1.29, 1.82) is 0 Å². The Hall–Kier alpha value is -1.25. The number of aryl methyl sites for hydroxylation is 2. The molecule has 16 heavy (non-hydrogen) atoms. The quantitative estimate of drug-likeness (QED) is 0.792. The highest BCUT2D eigenvalue weighted by molar-refractivity contribution is 5.60. The molecule has 1 aliphatic rings. The first kappa shape index (κ1) is 11.2. The lowest BCUT2D eigenvalue weighted by Crippen LogP contribution is -2.20. The lowest BCUT2D eigenvalue weighted by atomic mass is 10.1. The van der Waals surface area contributed by atoms with Gasteiger partial charge in [0.2, 0.25) is 5.88 Å². The van der Waals surface area contributed by atoms with Gasteiger partial charge in [0.15, 0.2) is 0 Å². The lowest BCUT2D eigenvalue weighted by molar-refractivity contribution is 0.309. The smallest absolute Gasteiger partial charge is 0.237 e. The molecule has 0 saturated carbocycles. The summed E-state index contributed by atoms with van der Waals surface area (Å²) >= 11 is 0. The molecule has 2 heterocycles. The van der Waals surface area contributed by atoms with Crippen molar-refractivity contribution in [1.82, 2.24) is 4.98 Å². The Balaban J connectivity index is 2.12. The molecule has 0 atom stereocenters. The first-order valence-corrected chi connectivity index (χ1v) is 6.18. The van der Waals surface area contributed by atoms with Crippen LogP contribution in [-0.4, -0.2) is 18.1 Å². The number of hydrogen-bond acceptors (Lipinski definition) is 3. The number of hydrogen-bond donors (Lipinski definition) is 1. The van der Waals surface area contributed by atoms with Crippen LogP contribution in [0, 0.1) is 6.92 Å². The van der Waals surface area contributed by atoms with Crippen LogP contribution < -0.4 is 10.1 Å². The maximum absolute atomic E-state index is 5.58. The van der Waals surface area contributed by atoms with Crippen molar-refractivity contribution in [3.8, 4) is 5.88 Å². The number of nitrogens with one attached hydrogen (secondary N) is 1. The van der Waals surface area contributed by atoms with E-state index < -0.39 is 0 Å². The van der Waals surface area contributed by atoms with Crippen LogP contribution in [0.3, 0.4) is 0 Å². The highest BCUT2D eigenvalue weighted by Crippen LogP contribution is 2.29. The van der Waals surface area contributed by atoms with Gasteiger partial charge >= 0.3 is 0 Å². The summed E-state index contributed by atoms with van der Waals surface area (Å²) in [7, 11) is 0. The fraction of sp³-hybridized carbons (Fsp3) is 0.615. The van der Waals surface area contributed by atoms with E-state index in [1.54, 1.807) is 0 Å². The summed E-state index contributed by atoms with van der Waals surface area (Å²) in [6, 6.07) is 2.18. The minimum Gasteiger partial charge on any atom is -0.474 e. The van der Waals surface area contributed by atoms with Gasteiger partial charge in [-0.1, -0.05) is 19.8 Å². The van der Waals surface area contributed by atoms with Crippen LogP contribution in [-0.2, 0) is 6.42 Å². The number of anilines is 1. The van der Waals surface area contributed by atoms with Crippen molar-refractivity contribution in [2.75, 3.05) is 18.5 Å². The van der Waals surface area contributed by atoms with E-state index in [0.717, 1.165) is 36.8 Å². The van der Waals surface area contributed by atoms with Gasteiger partial charge in [-0.05, 0) is 31.4 Å². The van der Waals surface area contributed by atoms with Crippen molar-refractivity contribution in [3.05, 3.63) is 17.3 Å². The zero-order valence-corrected chi connectivity index (χ0v) is 10.2. The predicted octanol–water partition coefficient (Wildman–Crippen LogP) is 2.93. The molecule has 88 valence electrons.